The summed E-state index contributed by atoms with van der Waals surface area (Å²) in [6.45, 7) is 6.58. The molecule has 7 heteroatoms. The Labute approximate surface area is 163 Å². The maximum atomic E-state index is 4.72. The molecule has 0 atom stereocenters. The van der Waals surface area contributed by atoms with Crippen LogP contribution in [0, 0.1) is 6.92 Å². The summed E-state index contributed by atoms with van der Waals surface area (Å²) in [5, 5.41) is 9.27. The number of aryl methyl sites for hydroxylation is 1. The first-order valence-corrected chi connectivity index (χ1v) is 9.61. The molecule has 28 heavy (non-hydrogen) atoms. The SMILES string of the molecule is Cc1c(CN2CCn3nc(CNc4ncccn4)cc3C2)[nH]c2ccccc12. The van der Waals surface area contributed by atoms with Crippen molar-refractivity contribution in [1.82, 2.24) is 29.6 Å². The third-order valence-corrected chi connectivity index (χ3v) is 5.37. The Morgan fingerprint density at radius 1 is 1.11 bits per heavy atom. The van der Waals surface area contributed by atoms with Gasteiger partial charge in [0.2, 0.25) is 5.95 Å². The number of aromatic amines is 1. The number of hydrogen-bond acceptors (Lipinski definition) is 5. The van der Waals surface area contributed by atoms with Crippen LogP contribution in [0.5, 0.6) is 0 Å². The van der Waals surface area contributed by atoms with E-state index in [4.69, 9.17) is 5.10 Å². The van der Waals surface area contributed by atoms with Gasteiger partial charge in [-0.25, -0.2) is 9.97 Å². The molecule has 1 aliphatic rings. The number of hydrogen-bond donors (Lipinski definition) is 2. The number of nitrogens with zero attached hydrogens (tertiary/aromatic N) is 5. The second-order valence-corrected chi connectivity index (χ2v) is 7.26. The van der Waals surface area contributed by atoms with E-state index in [9.17, 15) is 0 Å². The third-order valence-electron chi connectivity index (χ3n) is 5.37. The second-order valence-electron chi connectivity index (χ2n) is 7.26. The Kier molecular flexibility index (Phi) is 4.29. The van der Waals surface area contributed by atoms with Gasteiger partial charge >= 0.3 is 0 Å². The number of anilines is 1. The second kappa shape index (κ2) is 7.09. The molecule has 1 aliphatic heterocycles. The summed E-state index contributed by atoms with van der Waals surface area (Å²) >= 11 is 0. The molecule has 0 radical (unpaired) electrons. The monoisotopic (exact) mass is 373 g/mol. The van der Waals surface area contributed by atoms with Crippen LogP contribution in [-0.4, -0.2) is 36.2 Å². The highest BCUT2D eigenvalue weighted by Gasteiger charge is 2.20. The average Bonchev–Trinajstić information content (AvgIpc) is 3.28. The molecule has 4 heterocycles. The zero-order valence-corrected chi connectivity index (χ0v) is 15.9. The van der Waals surface area contributed by atoms with E-state index in [1.54, 1.807) is 12.4 Å². The first-order valence-electron chi connectivity index (χ1n) is 9.61. The first kappa shape index (κ1) is 16.9. The van der Waals surface area contributed by atoms with Crippen molar-refractivity contribution in [1.29, 1.82) is 0 Å². The highest BCUT2D eigenvalue weighted by molar-refractivity contribution is 5.84. The topological polar surface area (TPSA) is 74.7 Å². The molecule has 0 saturated heterocycles. The number of H-pyrrole nitrogens is 1. The predicted octanol–water partition coefficient (Wildman–Crippen LogP) is 3.09. The van der Waals surface area contributed by atoms with Crippen LogP contribution in [-0.2, 0) is 26.2 Å². The lowest BCUT2D eigenvalue weighted by atomic mass is 10.1. The molecule has 2 N–H and O–H groups in total. The van der Waals surface area contributed by atoms with Gasteiger partial charge in [0.1, 0.15) is 0 Å². The van der Waals surface area contributed by atoms with E-state index in [-0.39, 0.29) is 0 Å². The van der Waals surface area contributed by atoms with E-state index in [0.29, 0.717) is 12.5 Å². The molecule has 3 aromatic heterocycles. The van der Waals surface area contributed by atoms with Crippen LogP contribution in [0.3, 0.4) is 0 Å². The maximum Gasteiger partial charge on any atom is 0.222 e. The largest absolute Gasteiger partial charge is 0.357 e. The lowest BCUT2D eigenvalue weighted by Crippen LogP contribution is -2.33. The fourth-order valence-corrected chi connectivity index (χ4v) is 3.88. The van der Waals surface area contributed by atoms with E-state index in [2.05, 4.69) is 67.1 Å². The molecule has 7 nitrogen and oxygen atoms in total. The van der Waals surface area contributed by atoms with Crippen LogP contribution in [0.25, 0.3) is 10.9 Å². The summed E-state index contributed by atoms with van der Waals surface area (Å²) in [6.07, 6.45) is 3.47. The summed E-state index contributed by atoms with van der Waals surface area (Å²) in [5.74, 6) is 0.629. The third kappa shape index (κ3) is 3.25. The standard InChI is InChI=1S/C21H23N7/c1-15-18-5-2-3-6-19(18)25-20(15)14-27-9-10-28-17(13-27)11-16(26-28)12-24-21-22-7-4-8-23-21/h2-8,11,25H,9-10,12-14H2,1H3,(H,22,23,24). The molecule has 0 spiro atoms. The van der Waals surface area contributed by atoms with E-state index in [1.165, 1.54) is 27.9 Å². The maximum absolute atomic E-state index is 4.72. The van der Waals surface area contributed by atoms with Gasteiger partial charge < -0.3 is 10.3 Å². The van der Waals surface area contributed by atoms with Crippen LogP contribution in [0.15, 0.2) is 48.8 Å². The summed E-state index contributed by atoms with van der Waals surface area (Å²) in [4.78, 5) is 14.5. The number of aromatic nitrogens is 5. The normalized spacial score (nSPS) is 14.3. The fourth-order valence-electron chi connectivity index (χ4n) is 3.88. The molecule has 0 fully saturated rings. The smallest absolute Gasteiger partial charge is 0.222 e. The van der Waals surface area contributed by atoms with Gasteiger partial charge in [0, 0.05) is 48.6 Å². The zero-order chi connectivity index (χ0) is 18.9. The molecule has 0 bridgehead atoms. The van der Waals surface area contributed by atoms with Crippen LogP contribution < -0.4 is 5.32 Å². The predicted molar refractivity (Wildman–Crippen MR) is 109 cm³/mol. The van der Waals surface area contributed by atoms with Gasteiger partial charge in [-0.2, -0.15) is 5.10 Å². The first-order chi connectivity index (χ1) is 13.8. The van der Waals surface area contributed by atoms with Crippen molar-refractivity contribution in [3.05, 3.63) is 71.4 Å². The Morgan fingerprint density at radius 2 is 1.96 bits per heavy atom. The lowest BCUT2D eigenvalue weighted by Gasteiger charge is -2.27. The molecule has 1 aromatic carbocycles. The van der Waals surface area contributed by atoms with Crippen LogP contribution >= 0.6 is 0 Å². The van der Waals surface area contributed by atoms with Crippen molar-refractivity contribution >= 4 is 16.9 Å². The molecular weight excluding hydrogens is 350 g/mol. The van der Waals surface area contributed by atoms with Crippen LogP contribution in [0.4, 0.5) is 5.95 Å². The van der Waals surface area contributed by atoms with Crippen molar-refractivity contribution in [2.24, 2.45) is 0 Å². The number of rotatable bonds is 5. The minimum atomic E-state index is 0.629. The molecule has 0 unspecified atom stereocenters. The van der Waals surface area contributed by atoms with Gasteiger partial charge in [0.15, 0.2) is 0 Å². The minimum Gasteiger partial charge on any atom is -0.357 e. The van der Waals surface area contributed by atoms with E-state index < -0.39 is 0 Å². The van der Waals surface area contributed by atoms with Crippen LogP contribution in [0.2, 0.25) is 0 Å². The summed E-state index contributed by atoms with van der Waals surface area (Å²) in [7, 11) is 0. The highest BCUT2D eigenvalue weighted by atomic mass is 15.3. The van der Waals surface area contributed by atoms with Crippen molar-refractivity contribution in [2.75, 3.05) is 11.9 Å². The van der Waals surface area contributed by atoms with Gasteiger partial charge in [-0.1, -0.05) is 18.2 Å². The molecule has 5 rings (SSSR count). The zero-order valence-electron chi connectivity index (χ0n) is 15.9. The molecule has 4 aromatic rings. The van der Waals surface area contributed by atoms with Crippen molar-refractivity contribution in [3.8, 4) is 0 Å². The van der Waals surface area contributed by atoms with Crippen LogP contribution in [0.1, 0.15) is 22.6 Å². The number of fused-ring (bicyclic) bond motifs is 2. The van der Waals surface area contributed by atoms with Gasteiger partial charge in [-0.3, -0.25) is 9.58 Å². The summed E-state index contributed by atoms with van der Waals surface area (Å²) in [5.41, 5.74) is 6.14. The lowest BCUT2D eigenvalue weighted by molar-refractivity contribution is 0.203. The Bertz CT molecular complexity index is 1100. The summed E-state index contributed by atoms with van der Waals surface area (Å²) in [6, 6.07) is 12.5. The van der Waals surface area contributed by atoms with Crippen molar-refractivity contribution in [3.63, 3.8) is 0 Å². The number of nitrogens with one attached hydrogen (secondary N) is 2. The van der Waals surface area contributed by atoms with Crippen molar-refractivity contribution < 1.29 is 0 Å². The highest BCUT2D eigenvalue weighted by Crippen LogP contribution is 2.24. The summed E-state index contributed by atoms with van der Waals surface area (Å²) < 4.78 is 2.12. The van der Waals surface area contributed by atoms with Gasteiger partial charge in [-0.15, -0.1) is 0 Å². The molecule has 0 amide bonds. The van der Waals surface area contributed by atoms with E-state index in [0.717, 1.165) is 31.9 Å². The average molecular weight is 373 g/mol. The molecule has 0 saturated carbocycles. The molecule has 0 aliphatic carbocycles. The quantitative estimate of drug-likeness (QED) is 0.562. The van der Waals surface area contributed by atoms with E-state index >= 15 is 0 Å². The minimum absolute atomic E-state index is 0.629. The molecular formula is C21H23N7. The van der Waals surface area contributed by atoms with Gasteiger partial charge in [0.05, 0.1) is 24.5 Å². The molecule has 142 valence electrons. The van der Waals surface area contributed by atoms with E-state index in [1.807, 2.05) is 6.07 Å². The van der Waals surface area contributed by atoms with Gasteiger partial charge in [0.25, 0.3) is 0 Å². The Hall–Kier alpha value is -3.19. The Balaban J connectivity index is 1.27. The number of para-hydroxylation sites is 1. The fraction of sp³-hybridized carbons (Fsp3) is 0.286. The van der Waals surface area contributed by atoms with Crippen molar-refractivity contribution in [2.45, 2.75) is 33.1 Å². The Morgan fingerprint density at radius 3 is 2.82 bits per heavy atom. The van der Waals surface area contributed by atoms with Gasteiger partial charge in [-0.05, 0) is 30.7 Å². The number of benzene rings is 1.